The number of esters is 1. The molecule has 1 aromatic rings. The molecule has 0 aliphatic heterocycles. The van der Waals surface area contributed by atoms with E-state index in [1.165, 1.54) is 5.56 Å². The smallest absolute Gasteiger partial charge is 0.322 e. The number of nitrogens with two attached hydrogens (primary N) is 1. The summed E-state index contributed by atoms with van der Waals surface area (Å²) < 4.78 is 10.4. The molecule has 0 aliphatic rings. The van der Waals surface area contributed by atoms with E-state index in [0.717, 1.165) is 6.42 Å². The third-order valence-electron chi connectivity index (χ3n) is 3.39. The van der Waals surface area contributed by atoms with Crippen LogP contribution in [-0.2, 0) is 20.7 Å². The van der Waals surface area contributed by atoms with Gasteiger partial charge in [-0.05, 0) is 32.3 Å². The number of methoxy groups -OCH3 is 1. The molecule has 4 nitrogen and oxygen atoms in total. The van der Waals surface area contributed by atoms with Gasteiger partial charge in [0.05, 0.1) is 12.2 Å². The van der Waals surface area contributed by atoms with Crippen LogP contribution in [0.3, 0.4) is 0 Å². The Hall–Kier alpha value is -1.39. The summed E-state index contributed by atoms with van der Waals surface area (Å²) >= 11 is 0. The van der Waals surface area contributed by atoms with Crippen molar-refractivity contribution in [1.82, 2.24) is 0 Å². The Bertz CT molecular complexity index is 403. The first-order chi connectivity index (χ1) is 9.44. The second kappa shape index (κ2) is 8.02. The van der Waals surface area contributed by atoms with E-state index in [0.29, 0.717) is 19.4 Å². The number of benzene rings is 1. The van der Waals surface area contributed by atoms with Crippen molar-refractivity contribution in [2.24, 2.45) is 5.73 Å². The van der Waals surface area contributed by atoms with E-state index in [9.17, 15) is 4.79 Å². The highest BCUT2D eigenvalue weighted by Crippen LogP contribution is 2.13. The third kappa shape index (κ3) is 6.17. The fourth-order valence-corrected chi connectivity index (χ4v) is 1.69. The molecule has 20 heavy (non-hydrogen) atoms. The lowest BCUT2D eigenvalue weighted by Crippen LogP contribution is -2.34. The van der Waals surface area contributed by atoms with E-state index >= 15 is 0 Å². The average Bonchev–Trinajstić information content (AvgIpc) is 2.45. The summed E-state index contributed by atoms with van der Waals surface area (Å²) in [6.07, 6.45) is 2.03. The second-order valence-electron chi connectivity index (χ2n) is 5.51. The molecule has 0 unspecified atom stereocenters. The number of carbonyl (C=O) groups excluding carboxylic acids is 1. The number of ether oxygens (including phenoxy) is 2. The number of carbonyl (C=O) groups is 1. The lowest BCUT2D eigenvalue weighted by atomic mass is 10.1. The molecule has 0 amide bonds. The van der Waals surface area contributed by atoms with Gasteiger partial charge in [-0.15, -0.1) is 0 Å². The van der Waals surface area contributed by atoms with Gasteiger partial charge in [-0.2, -0.15) is 0 Å². The molecule has 0 fully saturated rings. The highest BCUT2D eigenvalue weighted by molar-refractivity contribution is 5.75. The predicted octanol–water partition coefficient (Wildman–Crippen LogP) is 2.30. The maximum atomic E-state index is 11.8. The maximum absolute atomic E-state index is 11.8. The van der Waals surface area contributed by atoms with Crippen molar-refractivity contribution in [2.75, 3.05) is 13.7 Å². The van der Waals surface area contributed by atoms with Crippen LogP contribution in [0, 0.1) is 0 Å². The van der Waals surface area contributed by atoms with Crippen LogP contribution in [0.15, 0.2) is 30.3 Å². The first-order valence-electron chi connectivity index (χ1n) is 6.96. The van der Waals surface area contributed by atoms with Crippen LogP contribution < -0.4 is 5.73 Å². The van der Waals surface area contributed by atoms with E-state index in [2.05, 4.69) is 0 Å². The van der Waals surface area contributed by atoms with Gasteiger partial charge in [0.2, 0.25) is 0 Å². The molecule has 112 valence electrons. The van der Waals surface area contributed by atoms with E-state index in [1.54, 1.807) is 7.11 Å². The van der Waals surface area contributed by atoms with Crippen molar-refractivity contribution >= 4 is 5.97 Å². The van der Waals surface area contributed by atoms with Crippen LogP contribution in [-0.4, -0.2) is 31.3 Å². The highest BCUT2D eigenvalue weighted by atomic mass is 16.5. The molecule has 0 heterocycles. The standard InChI is InChI=1S/C16H25NO3/c1-16(2,19-3)11-12-20-15(18)14(17)10-9-13-7-5-4-6-8-13/h4-8,14H,9-12,17H2,1-3H3/t14-/m0/s1. The average molecular weight is 279 g/mol. The Kier molecular flexibility index (Phi) is 6.68. The minimum Gasteiger partial charge on any atom is -0.464 e. The quantitative estimate of drug-likeness (QED) is 0.742. The van der Waals surface area contributed by atoms with Gasteiger partial charge < -0.3 is 15.2 Å². The molecule has 0 aromatic heterocycles. The normalized spacial score (nSPS) is 13.0. The Morgan fingerprint density at radius 1 is 1.30 bits per heavy atom. The van der Waals surface area contributed by atoms with Crippen LogP contribution in [0.5, 0.6) is 0 Å². The van der Waals surface area contributed by atoms with Crippen LogP contribution in [0.25, 0.3) is 0 Å². The molecule has 0 saturated heterocycles. The van der Waals surface area contributed by atoms with Crippen molar-refractivity contribution in [3.63, 3.8) is 0 Å². The molecule has 1 atom stereocenters. The minimum absolute atomic E-state index is 0.283. The lowest BCUT2D eigenvalue weighted by molar-refractivity contribution is -0.146. The van der Waals surface area contributed by atoms with Gasteiger partial charge in [0.15, 0.2) is 0 Å². The summed E-state index contributed by atoms with van der Waals surface area (Å²) in [7, 11) is 1.65. The zero-order valence-corrected chi connectivity index (χ0v) is 12.6. The Labute approximate surface area is 121 Å². The van der Waals surface area contributed by atoms with Gasteiger partial charge in [-0.1, -0.05) is 30.3 Å². The molecule has 0 radical (unpaired) electrons. The van der Waals surface area contributed by atoms with Crippen molar-refractivity contribution in [1.29, 1.82) is 0 Å². The van der Waals surface area contributed by atoms with Gasteiger partial charge in [0.1, 0.15) is 6.04 Å². The number of hydrogen-bond acceptors (Lipinski definition) is 4. The SMILES string of the molecule is COC(C)(C)CCOC(=O)[C@@H](N)CCc1ccccc1. The van der Waals surface area contributed by atoms with Crippen molar-refractivity contribution < 1.29 is 14.3 Å². The summed E-state index contributed by atoms with van der Waals surface area (Å²) in [5.41, 5.74) is 6.74. The Balaban J connectivity index is 2.26. The van der Waals surface area contributed by atoms with E-state index < -0.39 is 6.04 Å². The van der Waals surface area contributed by atoms with Crippen LogP contribution in [0.2, 0.25) is 0 Å². The minimum atomic E-state index is -0.569. The van der Waals surface area contributed by atoms with Crippen LogP contribution in [0.1, 0.15) is 32.3 Å². The van der Waals surface area contributed by atoms with E-state index in [-0.39, 0.29) is 11.6 Å². The molecule has 1 aromatic carbocycles. The lowest BCUT2D eigenvalue weighted by Gasteiger charge is -2.22. The van der Waals surface area contributed by atoms with Gasteiger partial charge in [0, 0.05) is 13.5 Å². The molecule has 0 saturated carbocycles. The first-order valence-corrected chi connectivity index (χ1v) is 6.96. The topological polar surface area (TPSA) is 61.5 Å². The molecule has 0 aliphatic carbocycles. The largest absolute Gasteiger partial charge is 0.464 e. The molecular formula is C16H25NO3. The zero-order valence-electron chi connectivity index (χ0n) is 12.6. The molecule has 0 bridgehead atoms. The number of rotatable bonds is 8. The van der Waals surface area contributed by atoms with Gasteiger partial charge in [-0.3, -0.25) is 4.79 Å². The Morgan fingerprint density at radius 3 is 2.55 bits per heavy atom. The summed E-state index contributed by atoms with van der Waals surface area (Å²) in [6, 6.07) is 9.41. The van der Waals surface area contributed by atoms with Crippen LogP contribution in [0.4, 0.5) is 0 Å². The highest BCUT2D eigenvalue weighted by Gasteiger charge is 2.19. The van der Waals surface area contributed by atoms with Gasteiger partial charge in [-0.25, -0.2) is 0 Å². The fraction of sp³-hybridized carbons (Fsp3) is 0.562. The van der Waals surface area contributed by atoms with Crippen molar-refractivity contribution in [3.05, 3.63) is 35.9 Å². The van der Waals surface area contributed by atoms with Crippen molar-refractivity contribution in [2.45, 2.75) is 44.8 Å². The molecule has 2 N–H and O–H groups in total. The van der Waals surface area contributed by atoms with E-state index in [1.807, 2.05) is 44.2 Å². The summed E-state index contributed by atoms with van der Waals surface area (Å²) in [5, 5.41) is 0. The van der Waals surface area contributed by atoms with E-state index in [4.69, 9.17) is 15.2 Å². The summed E-state index contributed by atoms with van der Waals surface area (Å²) in [5.74, 6) is -0.340. The molecule has 0 spiro atoms. The third-order valence-corrected chi connectivity index (χ3v) is 3.39. The summed E-state index contributed by atoms with van der Waals surface area (Å²) in [4.78, 5) is 11.8. The number of aryl methyl sites for hydroxylation is 1. The maximum Gasteiger partial charge on any atom is 0.322 e. The number of hydrogen-bond donors (Lipinski definition) is 1. The Morgan fingerprint density at radius 2 is 1.95 bits per heavy atom. The van der Waals surface area contributed by atoms with Gasteiger partial charge >= 0.3 is 5.97 Å². The summed E-state index contributed by atoms with van der Waals surface area (Å²) in [6.45, 7) is 4.24. The first kappa shape index (κ1) is 16.7. The fourth-order valence-electron chi connectivity index (χ4n) is 1.69. The van der Waals surface area contributed by atoms with Gasteiger partial charge in [0.25, 0.3) is 0 Å². The molecule has 4 heteroatoms. The molecule has 1 rings (SSSR count). The molecular weight excluding hydrogens is 254 g/mol. The van der Waals surface area contributed by atoms with Crippen LogP contribution >= 0.6 is 0 Å². The predicted molar refractivity (Wildman–Crippen MR) is 79.4 cm³/mol. The van der Waals surface area contributed by atoms with Crippen molar-refractivity contribution in [3.8, 4) is 0 Å². The second-order valence-corrected chi connectivity index (χ2v) is 5.51. The monoisotopic (exact) mass is 279 g/mol. The zero-order chi connectivity index (χ0) is 15.0.